The van der Waals surface area contributed by atoms with Crippen LogP contribution in [0.4, 0.5) is 0 Å². The summed E-state index contributed by atoms with van der Waals surface area (Å²) in [4.78, 5) is 35.3. The third-order valence-corrected chi connectivity index (χ3v) is 6.38. The lowest BCUT2D eigenvalue weighted by molar-refractivity contribution is -0.138. The number of carbonyl (C=O) groups is 2. The van der Waals surface area contributed by atoms with E-state index in [1.165, 1.54) is 11.8 Å². The maximum absolute atomic E-state index is 13.5. The number of fused-ring (bicyclic) bond motifs is 1. The number of rotatable bonds is 5. The van der Waals surface area contributed by atoms with E-state index in [9.17, 15) is 9.59 Å². The zero-order chi connectivity index (χ0) is 22.8. The van der Waals surface area contributed by atoms with Gasteiger partial charge in [-0.3, -0.25) is 9.59 Å². The summed E-state index contributed by atoms with van der Waals surface area (Å²) in [6, 6.07) is 24.8. The molecule has 2 atom stereocenters. The summed E-state index contributed by atoms with van der Waals surface area (Å²) in [6.07, 6.45) is 5.28. The van der Waals surface area contributed by atoms with Crippen molar-refractivity contribution in [3.05, 3.63) is 108 Å². The van der Waals surface area contributed by atoms with Crippen LogP contribution in [0.15, 0.2) is 96.4 Å². The molecule has 0 bridgehead atoms. The summed E-state index contributed by atoms with van der Waals surface area (Å²) < 4.78 is 5.57. The number of thioether (sulfide) groups is 1. The number of carbonyl (C=O) groups excluding carboxylic acids is 2. The molecular weight excluding hydrogens is 432 g/mol. The molecule has 0 N–H and O–H groups in total. The Morgan fingerprint density at radius 1 is 0.788 bits per heavy atom. The summed E-state index contributed by atoms with van der Waals surface area (Å²) in [5.74, 6) is -2.11. The number of ketones is 1. The second kappa shape index (κ2) is 9.00. The predicted octanol–water partition coefficient (Wildman–Crippen LogP) is 5.42. The van der Waals surface area contributed by atoms with Crippen molar-refractivity contribution in [3.8, 4) is 16.9 Å². The van der Waals surface area contributed by atoms with Gasteiger partial charge in [0.05, 0.1) is 5.56 Å². The summed E-state index contributed by atoms with van der Waals surface area (Å²) in [6.45, 7) is 0. The molecule has 0 aliphatic carbocycles. The SMILES string of the molecule is CSc1ncc(C(c2ccc(-c3ccccc3)cc2)C2C(=O)Oc3ccccc3C2=O)cn1. The Balaban J connectivity index is 1.59. The zero-order valence-corrected chi connectivity index (χ0v) is 18.7. The third-order valence-electron chi connectivity index (χ3n) is 5.80. The number of para-hydroxylation sites is 1. The lowest BCUT2D eigenvalue weighted by atomic mass is 9.76. The van der Waals surface area contributed by atoms with Crippen LogP contribution in [0.2, 0.25) is 0 Å². The highest BCUT2D eigenvalue weighted by Crippen LogP contribution is 2.40. The van der Waals surface area contributed by atoms with Crippen LogP contribution in [0.25, 0.3) is 11.1 Å². The summed E-state index contributed by atoms with van der Waals surface area (Å²) in [5.41, 5.74) is 4.07. The van der Waals surface area contributed by atoms with Crippen LogP contribution >= 0.6 is 11.8 Å². The van der Waals surface area contributed by atoms with Crippen molar-refractivity contribution in [2.24, 2.45) is 5.92 Å². The first kappa shape index (κ1) is 21.1. The molecule has 1 aromatic heterocycles. The van der Waals surface area contributed by atoms with Gasteiger partial charge in [-0.2, -0.15) is 0 Å². The van der Waals surface area contributed by atoms with Crippen molar-refractivity contribution in [1.82, 2.24) is 9.97 Å². The van der Waals surface area contributed by atoms with E-state index in [0.717, 1.165) is 16.7 Å². The van der Waals surface area contributed by atoms with E-state index in [1.807, 2.05) is 60.9 Å². The molecule has 1 aliphatic rings. The number of hydrogen-bond acceptors (Lipinski definition) is 6. The fraction of sp³-hybridized carbons (Fsp3) is 0.111. The summed E-state index contributed by atoms with van der Waals surface area (Å²) in [7, 11) is 0. The molecule has 3 aromatic carbocycles. The Hall–Kier alpha value is -3.77. The Labute approximate surface area is 195 Å². The highest BCUT2D eigenvalue weighted by molar-refractivity contribution is 7.98. The Bertz CT molecular complexity index is 1310. The van der Waals surface area contributed by atoms with Crippen molar-refractivity contribution in [3.63, 3.8) is 0 Å². The lowest BCUT2D eigenvalue weighted by Crippen LogP contribution is -2.38. The number of nitrogens with zero attached hydrogens (tertiary/aromatic N) is 2. The quantitative estimate of drug-likeness (QED) is 0.132. The monoisotopic (exact) mass is 452 g/mol. The number of benzene rings is 3. The van der Waals surface area contributed by atoms with Crippen LogP contribution in [0.3, 0.4) is 0 Å². The smallest absolute Gasteiger partial charge is 0.323 e. The topological polar surface area (TPSA) is 69.2 Å². The minimum absolute atomic E-state index is 0.257. The molecule has 0 amide bonds. The normalized spacial score (nSPS) is 16.1. The fourth-order valence-corrected chi connectivity index (χ4v) is 4.49. The number of aromatic nitrogens is 2. The van der Waals surface area contributed by atoms with E-state index < -0.39 is 17.8 Å². The first-order valence-corrected chi connectivity index (χ1v) is 11.7. The van der Waals surface area contributed by atoms with Crippen molar-refractivity contribution in [2.75, 3.05) is 6.26 Å². The fourth-order valence-electron chi connectivity index (χ4n) is 4.18. The molecular formula is C27H20N2O3S. The molecule has 162 valence electrons. The molecule has 0 saturated heterocycles. The van der Waals surface area contributed by atoms with Crippen molar-refractivity contribution in [2.45, 2.75) is 11.1 Å². The van der Waals surface area contributed by atoms with Gasteiger partial charge in [0.1, 0.15) is 11.7 Å². The second-order valence-corrected chi connectivity index (χ2v) is 8.50. The van der Waals surface area contributed by atoms with Crippen LogP contribution in [-0.2, 0) is 4.79 Å². The van der Waals surface area contributed by atoms with Gasteiger partial charge in [-0.25, -0.2) is 9.97 Å². The number of ether oxygens (including phenoxy) is 1. The summed E-state index contributed by atoms with van der Waals surface area (Å²) >= 11 is 1.43. The molecule has 6 heteroatoms. The van der Waals surface area contributed by atoms with Crippen LogP contribution in [-0.4, -0.2) is 28.0 Å². The van der Waals surface area contributed by atoms with Gasteiger partial charge in [0, 0.05) is 18.3 Å². The Morgan fingerprint density at radius 2 is 1.42 bits per heavy atom. The van der Waals surface area contributed by atoms with E-state index in [2.05, 4.69) is 9.97 Å². The zero-order valence-electron chi connectivity index (χ0n) is 17.8. The van der Waals surface area contributed by atoms with Gasteiger partial charge in [0.25, 0.3) is 0 Å². The highest BCUT2D eigenvalue weighted by Gasteiger charge is 2.43. The van der Waals surface area contributed by atoms with Gasteiger partial charge in [-0.15, -0.1) is 0 Å². The Morgan fingerprint density at radius 3 is 2.12 bits per heavy atom. The van der Waals surface area contributed by atoms with Crippen molar-refractivity contribution >= 4 is 23.5 Å². The summed E-state index contributed by atoms with van der Waals surface area (Å²) in [5, 5.41) is 0.625. The Kier molecular flexibility index (Phi) is 5.75. The second-order valence-electron chi connectivity index (χ2n) is 7.73. The van der Waals surface area contributed by atoms with Gasteiger partial charge < -0.3 is 4.74 Å². The van der Waals surface area contributed by atoms with Crippen LogP contribution in [0, 0.1) is 5.92 Å². The van der Waals surface area contributed by atoms with Crippen LogP contribution in [0.1, 0.15) is 27.4 Å². The molecule has 0 fully saturated rings. The molecule has 0 saturated carbocycles. The average Bonchev–Trinajstić information content (AvgIpc) is 2.87. The first-order valence-electron chi connectivity index (χ1n) is 10.5. The molecule has 4 aromatic rings. The van der Waals surface area contributed by atoms with Gasteiger partial charge in [-0.05, 0) is 40.6 Å². The highest BCUT2D eigenvalue weighted by atomic mass is 32.2. The van der Waals surface area contributed by atoms with Gasteiger partial charge in [-0.1, -0.05) is 78.5 Å². The maximum atomic E-state index is 13.5. The molecule has 0 radical (unpaired) electrons. The molecule has 2 unspecified atom stereocenters. The van der Waals surface area contributed by atoms with E-state index in [1.54, 1.807) is 36.7 Å². The number of esters is 1. The van der Waals surface area contributed by atoms with E-state index >= 15 is 0 Å². The maximum Gasteiger partial charge on any atom is 0.323 e. The van der Waals surface area contributed by atoms with E-state index in [0.29, 0.717) is 22.0 Å². The largest absolute Gasteiger partial charge is 0.425 e. The van der Waals surface area contributed by atoms with E-state index in [-0.39, 0.29) is 5.78 Å². The van der Waals surface area contributed by atoms with Gasteiger partial charge >= 0.3 is 5.97 Å². The van der Waals surface area contributed by atoms with Gasteiger partial charge in [0.2, 0.25) is 0 Å². The van der Waals surface area contributed by atoms with Crippen LogP contribution < -0.4 is 4.74 Å². The number of hydrogen-bond donors (Lipinski definition) is 0. The lowest BCUT2D eigenvalue weighted by Gasteiger charge is -2.29. The first-order chi connectivity index (χ1) is 16.2. The molecule has 1 aliphatic heterocycles. The molecule has 2 heterocycles. The minimum Gasteiger partial charge on any atom is -0.425 e. The van der Waals surface area contributed by atoms with E-state index in [4.69, 9.17) is 4.74 Å². The van der Waals surface area contributed by atoms with Gasteiger partial charge in [0.15, 0.2) is 10.9 Å². The minimum atomic E-state index is -1.02. The third kappa shape index (κ3) is 4.05. The molecule has 33 heavy (non-hydrogen) atoms. The van der Waals surface area contributed by atoms with Crippen LogP contribution in [0.5, 0.6) is 5.75 Å². The standard InChI is InChI=1S/C27H20N2O3S/c1-33-27-28-15-20(16-29-27)23(19-13-11-18(12-14-19)17-7-3-2-4-8-17)24-25(30)21-9-5-6-10-22(21)32-26(24)31/h2-16,23-24H,1H3. The predicted molar refractivity (Wildman–Crippen MR) is 127 cm³/mol. The van der Waals surface area contributed by atoms with Crippen molar-refractivity contribution in [1.29, 1.82) is 0 Å². The molecule has 5 rings (SSSR count). The molecule has 5 nitrogen and oxygen atoms in total. The average molecular weight is 453 g/mol. The van der Waals surface area contributed by atoms with Crippen molar-refractivity contribution < 1.29 is 14.3 Å². The number of Topliss-reactive ketones (excluding diaryl/α,β-unsaturated/α-hetero) is 1. The molecule has 0 spiro atoms.